The summed E-state index contributed by atoms with van der Waals surface area (Å²) in [5.41, 5.74) is 0. The van der Waals surface area contributed by atoms with Crippen molar-refractivity contribution in [3.8, 4) is 0 Å². The fraction of sp³-hybridized carbons (Fsp3) is 0.267. The van der Waals surface area contributed by atoms with Crippen LogP contribution in [-0.4, -0.2) is 29.0 Å². The van der Waals surface area contributed by atoms with Gasteiger partial charge in [-0.15, -0.1) is 0 Å². The summed E-state index contributed by atoms with van der Waals surface area (Å²) >= 11 is 0. The number of sulfone groups is 1. The Labute approximate surface area is 139 Å². The summed E-state index contributed by atoms with van der Waals surface area (Å²) in [5, 5.41) is 0. The van der Waals surface area contributed by atoms with Gasteiger partial charge in [0, 0.05) is 18.1 Å². The molecule has 7 nitrogen and oxygen atoms in total. The molecule has 0 spiro atoms. The van der Waals surface area contributed by atoms with E-state index < -0.39 is 31.7 Å². The van der Waals surface area contributed by atoms with E-state index in [0.717, 1.165) is 12.3 Å². The second-order valence-corrected chi connectivity index (χ2v) is 9.38. The summed E-state index contributed by atoms with van der Waals surface area (Å²) in [6, 6.07) is 8.32. The van der Waals surface area contributed by atoms with E-state index in [-0.39, 0.29) is 15.7 Å². The van der Waals surface area contributed by atoms with Gasteiger partial charge in [0.15, 0.2) is 9.84 Å². The second kappa shape index (κ2) is 5.75. The molecule has 0 aliphatic heterocycles. The maximum atomic E-state index is 12.3. The summed E-state index contributed by atoms with van der Waals surface area (Å²) in [6.07, 6.45) is 2.99. The first kappa shape index (κ1) is 16.7. The van der Waals surface area contributed by atoms with Gasteiger partial charge in [-0.25, -0.2) is 21.6 Å². The minimum absolute atomic E-state index is 0.127. The fourth-order valence-corrected chi connectivity index (χ4v) is 4.26. The van der Waals surface area contributed by atoms with Crippen molar-refractivity contribution >= 4 is 25.8 Å². The third-order valence-electron chi connectivity index (χ3n) is 3.81. The Kier molecular flexibility index (Phi) is 4.00. The van der Waals surface area contributed by atoms with Crippen molar-refractivity contribution in [3.63, 3.8) is 0 Å². The monoisotopic (exact) mass is 369 g/mol. The zero-order valence-electron chi connectivity index (χ0n) is 12.7. The topological polar surface area (TPSA) is 111 Å². The number of nitrogens with one attached hydrogen (secondary N) is 1. The highest BCUT2D eigenvalue weighted by atomic mass is 32.2. The average Bonchev–Trinajstić information content (AvgIpc) is 3.12. The van der Waals surface area contributed by atoms with Gasteiger partial charge in [-0.3, -0.25) is 4.79 Å². The molecule has 1 heterocycles. The van der Waals surface area contributed by atoms with Crippen molar-refractivity contribution < 1.29 is 26.0 Å². The Balaban J connectivity index is 1.76. The third kappa shape index (κ3) is 3.36. The SMILES string of the molecule is CS(=O)(=O)c1cccc(S(=O)(=O)NC(=O)[C@H]2C[C@H]2c2ccco2)c1. The molecule has 1 saturated carbocycles. The number of rotatable bonds is 5. The summed E-state index contributed by atoms with van der Waals surface area (Å²) in [7, 11) is -7.68. The molecule has 128 valence electrons. The molecule has 2 atom stereocenters. The molecule has 24 heavy (non-hydrogen) atoms. The lowest BCUT2D eigenvalue weighted by Gasteiger charge is -2.08. The number of carbonyl (C=O) groups excluding carboxylic acids is 1. The lowest BCUT2D eigenvalue weighted by Crippen LogP contribution is -2.32. The van der Waals surface area contributed by atoms with E-state index in [1.165, 1.54) is 24.5 Å². The highest BCUT2D eigenvalue weighted by Gasteiger charge is 2.46. The molecule has 1 aliphatic carbocycles. The quantitative estimate of drug-likeness (QED) is 0.850. The van der Waals surface area contributed by atoms with Crippen LogP contribution in [-0.2, 0) is 24.7 Å². The predicted octanol–water partition coefficient (Wildman–Crippen LogP) is 1.29. The van der Waals surface area contributed by atoms with Crippen LogP contribution in [0.15, 0.2) is 56.9 Å². The largest absolute Gasteiger partial charge is 0.469 e. The molecule has 1 amide bonds. The fourth-order valence-electron chi connectivity index (χ4n) is 2.44. The smallest absolute Gasteiger partial charge is 0.264 e. The van der Waals surface area contributed by atoms with Crippen molar-refractivity contribution in [2.45, 2.75) is 22.1 Å². The second-order valence-electron chi connectivity index (χ2n) is 5.68. The van der Waals surface area contributed by atoms with Crippen LogP contribution < -0.4 is 4.72 Å². The minimum Gasteiger partial charge on any atom is -0.469 e. The molecule has 0 saturated heterocycles. The van der Waals surface area contributed by atoms with Crippen LogP contribution in [0.5, 0.6) is 0 Å². The van der Waals surface area contributed by atoms with Gasteiger partial charge in [0.25, 0.3) is 10.0 Å². The molecular weight excluding hydrogens is 354 g/mol. The molecule has 0 bridgehead atoms. The van der Waals surface area contributed by atoms with Gasteiger partial charge in [-0.1, -0.05) is 6.07 Å². The first-order valence-electron chi connectivity index (χ1n) is 7.09. The Hall–Kier alpha value is -2.13. The van der Waals surface area contributed by atoms with Crippen LogP contribution in [0.1, 0.15) is 18.1 Å². The van der Waals surface area contributed by atoms with E-state index in [1.54, 1.807) is 12.1 Å². The molecule has 1 aliphatic rings. The van der Waals surface area contributed by atoms with E-state index in [4.69, 9.17) is 4.42 Å². The molecule has 2 aromatic rings. The van der Waals surface area contributed by atoms with Gasteiger partial charge in [-0.05, 0) is 36.8 Å². The predicted molar refractivity (Wildman–Crippen MR) is 84.4 cm³/mol. The minimum atomic E-state index is -4.13. The average molecular weight is 369 g/mol. The van der Waals surface area contributed by atoms with Crippen molar-refractivity contribution in [1.29, 1.82) is 0 Å². The molecule has 1 aromatic carbocycles. The molecule has 0 unspecified atom stereocenters. The van der Waals surface area contributed by atoms with Gasteiger partial charge in [-0.2, -0.15) is 0 Å². The van der Waals surface area contributed by atoms with Crippen LogP contribution in [0, 0.1) is 5.92 Å². The zero-order valence-corrected chi connectivity index (χ0v) is 14.3. The number of hydrogen-bond donors (Lipinski definition) is 1. The lowest BCUT2D eigenvalue weighted by molar-refractivity contribution is -0.120. The summed E-state index contributed by atoms with van der Waals surface area (Å²) < 4.78 is 54.9. The van der Waals surface area contributed by atoms with Crippen LogP contribution in [0.4, 0.5) is 0 Å². The molecule has 1 aromatic heterocycles. The maximum Gasteiger partial charge on any atom is 0.264 e. The van der Waals surface area contributed by atoms with Crippen molar-refractivity contribution in [3.05, 3.63) is 48.4 Å². The standard InChI is InChI=1S/C15H15NO6S2/c1-23(18,19)10-4-2-5-11(8-10)24(20,21)16-15(17)13-9-12(13)14-6-3-7-22-14/h2-8,12-13H,9H2,1H3,(H,16,17)/t12-,13+/m1/s1. The first-order valence-corrected chi connectivity index (χ1v) is 10.5. The summed E-state index contributed by atoms with van der Waals surface area (Å²) in [4.78, 5) is 11.7. The van der Waals surface area contributed by atoms with Crippen LogP contribution in [0.3, 0.4) is 0 Å². The highest BCUT2D eigenvalue weighted by Crippen LogP contribution is 2.47. The van der Waals surface area contributed by atoms with Crippen molar-refractivity contribution in [2.24, 2.45) is 5.92 Å². The lowest BCUT2D eigenvalue weighted by atomic mass is 10.2. The Bertz CT molecular complexity index is 977. The highest BCUT2D eigenvalue weighted by molar-refractivity contribution is 7.91. The van der Waals surface area contributed by atoms with E-state index in [2.05, 4.69) is 0 Å². The van der Waals surface area contributed by atoms with Gasteiger partial charge >= 0.3 is 0 Å². The van der Waals surface area contributed by atoms with E-state index >= 15 is 0 Å². The molecular formula is C15H15NO6S2. The number of sulfonamides is 1. The van der Waals surface area contributed by atoms with Gasteiger partial charge in [0.05, 0.1) is 16.1 Å². The molecule has 1 fully saturated rings. The number of amides is 1. The van der Waals surface area contributed by atoms with E-state index in [9.17, 15) is 21.6 Å². The van der Waals surface area contributed by atoms with Crippen molar-refractivity contribution in [1.82, 2.24) is 4.72 Å². The molecule has 1 N–H and O–H groups in total. The molecule has 0 radical (unpaired) electrons. The van der Waals surface area contributed by atoms with Crippen LogP contribution >= 0.6 is 0 Å². The van der Waals surface area contributed by atoms with Crippen LogP contribution in [0.25, 0.3) is 0 Å². The Morgan fingerprint density at radius 3 is 2.46 bits per heavy atom. The van der Waals surface area contributed by atoms with Crippen LogP contribution in [0.2, 0.25) is 0 Å². The number of benzene rings is 1. The molecule has 9 heteroatoms. The van der Waals surface area contributed by atoms with E-state index in [0.29, 0.717) is 12.2 Å². The normalized spacial score (nSPS) is 20.5. The van der Waals surface area contributed by atoms with Gasteiger partial charge in [0.1, 0.15) is 5.76 Å². The Morgan fingerprint density at radius 1 is 1.12 bits per heavy atom. The number of furan rings is 1. The Morgan fingerprint density at radius 2 is 1.83 bits per heavy atom. The summed E-state index contributed by atoms with van der Waals surface area (Å²) in [5.74, 6) is -0.575. The number of hydrogen-bond acceptors (Lipinski definition) is 6. The molecule has 3 rings (SSSR count). The van der Waals surface area contributed by atoms with Gasteiger partial charge < -0.3 is 4.42 Å². The zero-order chi connectivity index (χ0) is 17.5. The van der Waals surface area contributed by atoms with Gasteiger partial charge in [0.2, 0.25) is 5.91 Å². The maximum absolute atomic E-state index is 12.3. The first-order chi connectivity index (χ1) is 11.2. The van der Waals surface area contributed by atoms with Crippen molar-refractivity contribution in [2.75, 3.05) is 6.26 Å². The van der Waals surface area contributed by atoms with E-state index in [1.807, 2.05) is 4.72 Å². The third-order valence-corrected chi connectivity index (χ3v) is 6.27. The number of carbonyl (C=O) groups is 1. The summed E-state index contributed by atoms with van der Waals surface area (Å²) in [6.45, 7) is 0.